The fraction of sp³-hybridized carbons (Fsp3) is 0.500. The number of aromatic nitrogens is 2. The maximum absolute atomic E-state index is 10.4. The number of nitrogens with zero attached hydrogens (tertiary/aromatic N) is 2. The summed E-state index contributed by atoms with van der Waals surface area (Å²) in [7, 11) is -2.02. The van der Waals surface area contributed by atoms with Gasteiger partial charge in [0.1, 0.15) is 0 Å². The normalized spacial score (nSPS) is 9.92. The highest BCUT2D eigenvalue weighted by Crippen LogP contribution is 1.96. The van der Waals surface area contributed by atoms with Crippen molar-refractivity contribution in [3.05, 3.63) is 18.7 Å². The molecule has 0 radical (unpaired) electrons. The van der Waals surface area contributed by atoms with Crippen LogP contribution in [0.1, 0.15) is 19.8 Å². The molecule has 0 amide bonds. The molecule has 1 rings (SSSR count). The van der Waals surface area contributed by atoms with Crippen molar-refractivity contribution in [1.29, 1.82) is 0 Å². The van der Waals surface area contributed by atoms with E-state index in [1.807, 2.05) is 10.8 Å². The van der Waals surface area contributed by atoms with Crippen LogP contribution in [0.5, 0.6) is 0 Å². The Kier molecular flexibility index (Phi) is 3.70. The van der Waals surface area contributed by atoms with E-state index in [-0.39, 0.29) is 0 Å². The van der Waals surface area contributed by atoms with Crippen molar-refractivity contribution in [3.8, 4) is 0 Å². The summed E-state index contributed by atoms with van der Waals surface area (Å²) in [6, 6.07) is 0. The lowest BCUT2D eigenvalue weighted by molar-refractivity contribution is 0.625. The molecule has 4 nitrogen and oxygen atoms in total. The fourth-order valence-corrected chi connectivity index (χ4v) is 1.32. The average molecular weight is 200 g/mol. The van der Waals surface area contributed by atoms with Crippen molar-refractivity contribution < 1.29 is 8.42 Å². The minimum Gasteiger partial charge on any atom is -0.337 e. The van der Waals surface area contributed by atoms with Gasteiger partial charge in [-0.2, -0.15) is 8.42 Å². The smallest absolute Gasteiger partial charge is 0.212 e. The molecule has 1 aromatic rings. The second-order valence-corrected chi connectivity index (χ2v) is 4.01. The molecule has 0 aliphatic carbocycles. The van der Waals surface area contributed by atoms with E-state index in [9.17, 15) is 8.42 Å². The molecular formula is C8H12N2O2S. The van der Waals surface area contributed by atoms with Crippen LogP contribution >= 0.6 is 0 Å². The monoisotopic (exact) mass is 200 g/mol. The van der Waals surface area contributed by atoms with Gasteiger partial charge in [-0.1, -0.05) is 0 Å². The molecule has 0 saturated carbocycles. The second-order valence-electron chi connectivity index (χ2n) is 2.84. The molecule has 0 bridgehead atoms. The SMILES string of the molecule is CC(CCCn1ccnc1)=S(=O)=O. The lowest BCUT2D eigenvalue weighted by Gasteiger charge is -1.99. The lowest BCUT2D eigenvalue weighted by atomic mass is 10.2. The van der Waals surface area contributed by atoms with Crippen molar-refractivity contribution in [1.82, 2.24) is 9.55 Å². The first kappa shape index (κ1) is 9.98. The molecule has 0 fully saturated rings. The van der Waals surface area contributed by atoms with Crippen LogP contribution in [0.2, 0.25) is 0 Å². The Morgan fingerprint density at radius 3 is 2.85 bits per heavy atom. The zero-order chi connectivity index (χ0) is 9.68. The van der Waals surface area contributed by atoms with E-state index in [0.29, 0.717) is 11.3 Å². The fourth-order valence-electron chi connectivity index (χ4n) is 1.01. The van der Waals surface area contributed by atoms with Gasteiger partial charge in [-0.25, -0.2) is 4.98 Å². The molecule has 0 atom stereocenters. The largest absolute Gasteiger partial charge is 0.337 e. The van der Waals surface area contributed by atoms with Gasteiger partial charge in [-0.3, -0.25) is 0 Å². The minimum absolute atomic E-state index is 0.514. The van der Waals surface area contributed by atoms with E-state index in [1.54, 1.807) is 19.4 Å². The lowest BCUT2D eigenvalue weighted by Crippen LogP contribution is -1.99. The summed E-state index contributed by atoms with van der Waals surface area (Å²) in [5.74, 6) is 0. The summed E-state index contributed by atoms with van der Waals surface area (Å²) in [5, 5.41) is 0. The molecule has 0 saturated heterocycles. The molecule has 13 heavy (non-hydrogen) atoms. The number of aryl methyl sites for hydroxylation is 1. The Hall–Kier alpha value is -1.10. The van der Waals surface area contributed by atoms with E-state index in [4.69, 9.17) is 0 Å². The predicted molar refractivity (Wildman–Crippen MR) is 51.1 cm³/mol. The molecule has 0 N–H and O–H groups in total. The summed E-state index contributed by atoms with van der Waals surface area (Å²) >= 11 is 0. The van der Waals surface area contributed by atoms with Crippen LogP contribution in [0.3, 0.4) is 0 Å². The summed E-state index contributed by atoms with van der Waals surface area (Å²) in [6.07, 6.45) is 6.75. The molecule has 0 aliphatic rings. The molecule has 5 heteroatoms. The van der Waals surface area contributed by atoms with Gasteiger partial charge in [-0.15, -0.1) is 0 Å². The number of rotatable bonds is 4. The number of hydrogen-bond donors (Lipinski definition) is 0. The van der Waals surface area contributed by atoms with Crippen LogP contribution in [0.25, 0.3) is 0 Å². The molecule has 72 valence electrons. The quantitative estimate of drug-likeness (QED) is 0.673. The number of imidazole rings is 1. The zero-order valence-corrected chi connectivity index (χ0v) is 8.29. The Morgan fingerprint density at radius 1 is 1.54 bits per heavy atom. The minimum atomic E-state index is -2.02. The Bertz CT molecular complexity index is 370. The Labute approximate surface area is 78.8 Å². The molecule has 0 aromatic carbocycles. The van der Waals surface area contributed by atoms with Gasteiger partial charge in [0, 0.05) is 23.8 Å². The molecule has 1 aromatic heterocycles. The van der Waals surface area contributed by atoms with E-state index < -0.39 is 10.3 Å². The van der Waals surface area contributed by atoms with E-state index in [1.165, 1.54) is 0 Å². The van der Waals surface area contributed by atoms with Gasteiger partial charge in [0.25, 0.3) is 0 Å². The van der Waals surface area contributed by atoms with Gasteiger partial charge in [-0.05, 0) is 19.8 Å². The first-order chi connectivity index (χ1) is 6.20. The molecule has 1 heterocycles. The highest BCUT2D eigenvalue weighted by Gasteiger charge is 1.94. The Morgan fingerprint density at radius 2 is 2.31 bits per heavy atom. The average Bonchev–Trinajstić information content (AvgIpc) is 2.56. The van der Waals surface area contributed by atoms with Crippen LogP contribution in [0, 0.1) is 0 Å². The van der Waals surface area contributed by atoms with Crippen LogP contribution in [0.15, 0.2) is 18.7 Å². The highest BCUT2D eigenvalue weighted by atomic mass is 32.2. The van der Waals surface area contributed by atoms with Gasteiger partial charge >= 0.3 is 0 Å². The van der Waals surface area contributed by atoms with Crippen molar-refractivity contribution in [3.63, 3.8) is 0 Å². The van der Waals surface area contributed by atoms with E-state index in [2.05, 4.69) is 4.98 Å². The summed E-state index contributed by atoms with van der Waals surface area (Å²) < 4.78 is 22.8. The topological polar surface area (TPSA) is 52.0 Å². The van der Waals surface area contributed by atoms with Crippen molar-refractivity contribution in [2.45, 2.75) is 26.3 Å². The van der Waals surface area contributed by atoms with Crippen molar-refractivity contribution in [2.24, 2.45) is 0 Å². The van der Waals surface area contributed by atoms with Gasteiger partial charge in [0.2, 0.25) is 10.3 Å². The van der Waals surface area contributed by atoms with Crippen molar-refractivity contribution in [2.75, 3.05) is 0 Å². The molecule has 0 aliphatic heterocycles. The maximum atomic E-state index is 10.4. The first-order valence-corrected chi connectivity index (χ1v) is 5.15. The zero-order valence-electron chi connectivity index (χ0n) is 7.47. The van der Waals surface area contributed by atoms with Gasteiger partial charge < -0.3 is 4.57 Å². The van der Waals surface area contributed by atoms with Crippen LogP contribution in [-0.4, -0.2) is 22.8 Å². The standard InChI is InChI=1S/C8H12N2O2S/c1-8(13(11)12)3-2-5-10-6-4-9-7-10/h4,6-7H,2-3,5H2,1H3. The third-order valence-corrected chi connectivity index (χ3v) is 2.56. The first-order valence-electron chi connectivity index (χ1n) is 4.07. The third kappa shape index (κ3) is 3.42. The Balaban J connectivity index is 2.34. The maximum Gasteiger partial charge on any atom is 0.212 e. The number of hydrogen-bond acceptors (Lipinski definition) is 3. The predicted octanol–water partition coefficient (Wildman–Crippen LogP) is 0.735. The highest BCUT2D eigenvalue weighted by molar-refractivity contribution is 7.72. The van der Waals surface area contributed by atoms with Crippen LogP contribution in [0.4, 0.5) is 0 Å². The van der Waals surface area contributed by atoms with Crippen molar-refractivity contribution >= 4 is 15.2 Å². The molecule has 0 unspecified atom stereocenters. The summed E-state index contributed by atoms with van der Waals surface area (Å²) in [4.78, 5) is 4.40. The second kappa shape index (κ2) is 4.81. The van der Waals surface area contributed by atoms with Gasteiger partial charge in [0.15, 0.2) is 0 Å². The third-order valence-electron chi connectivity index (χ3n) is 1.79. The van der Waals surface area contributed by atoms with E-state index >= 15 is 0 Å². The summed E-state index contributed by atoms with van der Waals surface area (Å²) in [5.41, 5.74) is 0. The van der Waals surface area contributed by atoms with Crippen LogP contribution in [-0.2, 0) is 16.8 Å². The van der Waals surface area contributed by atoms with Gasteiger partial charge in [0.05, 0.1) is 6.33 Å². The summed E-state index contributed by atoms with van der Waals surface area (Å²) in [6.45, 7) is 2.45. The van der Waals surface area contributed by atoms with Crippen LogP contribution < -0.4 is 0 Å². The van der Waals surface area contributed by atoms with E-state index in [0.717, 1.165) is 13.0 Å². The molecular weight excluding hydrogens is 188 g/mol. The molecule has 0 spiro atoms.